The molecule has 0 aliphatic rings. The van der Waals surface area contributed by atoms with Gasteiger partial charge in [-0.25, -0.2) is 0 Å². The van der Waals surface area contributed by atoms with Crippen molar-refractivity contribution in [2.75, 3.05) is 25.7 Å². The van der Waals surface area contributed by atoms with E-state index in [0.717, 1.165) is 22.3 Å². The maximum absolute atomic E-state index is 6.26. The normalized spacial score (nSPS) is 10.8. The van der Waals surface area contributed by atoms with Crippen LogP contribution in [-0.4, -0.2) is 14.2 Å². The van der Waals surface area contributed by atoms with E-state index < -0.39 is 0 Å². The molecular weight excluding hydrogens is 276 g/mol. The van der Waals surface area contributed by atoms with E-state index in [1.807, 2.05) is 26.0 Å². The highest BCUT2D eigenvalue weighted by atomic mass is 16.5. The summed E-state index contributed by atoms with van der Waals surface area (Å²) in [5.41, 5.74) is 18.1. The summed E-state index contributed by atoms with van der Waals surface area (Å²) in [6.07, 6.45) is 0. The molecule has 0 aliphatic carbocycles. The number of nitrogen functional groups attached to an aromatic ring is 2. The molecule has 4 nitrogen and oxygen atoms in total. The summed E-state index contributed by atoms with van der Waals surface area (Å²) < 4.78 is 10.7. The molecule has 118 valence electrons. The van der Waals surface area contributed by atoms with Crippen LogP contribution in [0.15, 0.2) is 24.3 Å². The van der Waals surface area contributed by atoms with Crippen molar-refractivity contribution in [3.05, 3.63) is 46.5 Å². The maximum Gasteiger partial charge on any atom is 0.142 e. The Kier molecular flexibility index (Phi) is 4.50. The number of nitrogens with two attached hydrogens (primary N) is 2. The number of rotatable bonds is 4. The average Bonchev–Trinajstić information content (AvgIpc) is 2.50. The van der Waals surface area contributed by atoms with Gasteiger partial charge in [-0.05, 0) is 48.2 Å². The Labute approximate surface area is 132 Å². The quantitative estimate of drug-likeness (QED) is 0.846. The van der Waals surface area contributed by atoms with Gasteiger partial charge in [0.25, 0.3) is 0 Å². The third-order valence-corrected chi connectivity index (χ3v) is 4.01. The molecule has 0 amide bonds. The molecule has 0 bridgehead atoms. The Morgan fingerprint density at radius 1 is 0.773 bits per heavy atom. The standard InChI is InChI=1S/C18H24N2O2/c1-10-6-13(17(19)15(8-10)21-4)12(3)14-7-11(2)9-16(22-5)18(14)20/h6-9,12H,19-20H2,1-5H3. The molecule has 0 aromatic heterocycles. The van der Waals surface area contributed by atoms with Crippen LogP contribution in [0.25, 0.3) is 0 Å². The van der Waals surface area contributed by atoms with Crippen molar-refractivity contribution >= 4 is 11.4 Å². The van der Waals surface area contributed by atoms with Crippen molar-refractivity contribution in [2.24, 2.45) is 0 Å². The van der Waals surface area contributed by atoms with Crippen LogP contribution < -0.4 is 20.9 Å². The van der Waals surface area contributed by atoms with Gasteiger partial charge in [0, 0.05) is 5.92 Å². The predicted molar refractivity (Wildman–Crippen MR) is 91.8 cm³/mol. The van der Waals surface area contributed by atoms with E-state index in [0.29, 0.717) is 22.9 Å². The molecule has 2 aromatic rings. The molecule has 0 radical (unpaired) electrons. The first-order valence-electron chi connectivity index (χ1n) is 7.27. The highest BCUT2D eigenvalue weighted by Crippen LogP contribution is 2.40. The Bertz CT molecular complexity index is 636. The fourth-order valence-corrected chi connectivity index (χ4v) is 2.80. The lowest BCUT2D eigenvalue weighted by molar-refractivity contribution is 0.415. The largest absolute Gasteiger partial charge is 0.495 e. The first-order valence-corrected chi connectivity index (χ1v) is 7.27. The molecule has 0 spiro atoms. The summed E-state index contributed by atoms with van der Waals surface area (Å²) in [5, 5.41) is 0. The van der Waals surface area contributed by atoms with E-state index in [1.165, 1.54) is 0 Å². The van der Waals surface area contributed by atoms with Crippen LogP contribution in [0, 0.1) is 13.8 Å². The van der Waals surface area contributed by atoms with Gasteiger partial charge < -0.3 is 20.9 Å². The first-order chi connectivity index (χ1) is 10.4. The van der Waals surface area contributed by atoms with Crippen molar-refractivity contribution in [3.63, 3.8) is 0 Å². The smallest absolute Gasteiger partial charge is 0.142 e. The molecule has 2 rings (SSSR count). The minimum Gasteiger partial charge on any atom is -0.495 e. The van der Waals surface area contributed by atoms with Gasteiger partial charge in [0.05, 0.1) is 25.6 Å². The Morgan fingerprint density at radius 3 is 1.45 bits per heavy atom. The summed E-state index contributed by atoms with van der Waals surface area (Å²) in [5.74, 6) is 1.43. The number of methoxy groups -OCH3 is 2. The lowest BCUT2D eigenvalue weighted by atomic mass is 9.88. The molecule has 2 aromatic carbocycles. The second-order valence-corrected chi connectivity index (χ2v) is 5.66. The van der Waals surface area contributed by atoms with Gasteiger partial charge in [0.1, 0.15) is 11.5 Å². The topological polar surface area (TPSA) is 70.5 Å². The fraction of sp³-hybridized carbons (Fsp3) is 0.333. The second kappa shape index (κ2) is 6.18. The van der Waals surface area contributed by atoms with Crippen molar-refractivity contribution in [1.82, 2.24) is 0 Å². The minimum absolute atomic E-state index is 0.0441. The van der Waals surface area contributed by atoms with Gasteiger partial charge in [0.15, 0.2) is 0 Å². The van der Waals surface area contributed by atoms with Crippen LogP contribution in [0.4, 0.5) is 11.4 Å². The highest BCUT2D eigenvalue weighted by molar-refractivity contribution is 5.67. The highest BCUT2D eigenvalue weighted by Gasteiger charge is 2.19. The number of benzene rings is 2. The Balaban J connectivity index is 2.60. The van der Waals surface area contributed by atoms with Crippen LogP contribution in [0.1, 0.15) is 35.1 Å². The molecule has 22 heavy (non-hydrogen) atoms. The zero-order valence-corrected chi connectivity index (χ0v) is 13.9. The van der Waals surface area contributed by atoms with Gasteiger partial charge in [-0.2, -0.15) is 0 Å². The maximum atomic E-state index is 6.26. The number of ether oxygens (including phenoxy) is 2. The summed E-state index contributed by atoms with van der Waals surface area (Å²) >= 11 is 0. The van der Waals surface area contributed by atoms with Gasteiger partial charge >= 0.3 is 0 Å². The Hall–Kier alpha value is -2.36. The molecule has 0 aliphatic heterocycles. The van der Waals surface area contributed by atoms with Crippen LogP contribution in [0.3, 0.4) is 0 Å². The van der Waals surface area contributed by atoms with Crippen LogP contribution >= 0.6 is 0 Å². The van der Waals surface area contributed by atoms with Gasteiger partial charge in [0.2, 0.25) is 0 Å². The summed E-state index contributed by atoms with van der Waals surface area (Å²) in [7, 11) is 3.26. The average molecular weight is 300 g/mol. The number of hydrogen-bond donors (Lipinski definition) is 2. The van der Waals surface area contributed by atoms with Gasteiger partial charge in [-0.1, -0.05) is 19.1 Å². The number of anilines is 2. The molecule has 0 unspecified atom stereocenters. The molecule has 4 N–H and O–H groups in total. The number of hydrogen-bond acceptors (Lipinski definition) is 4. The van der Waals surface area contributed by atoms with E-state index in [9.17, 15) is 0 Å². The fourth-order valence-electron chi connectivity index (χ4n) is 2.80. The summed E-state index contributed by atoms with van der Waals surface area (Å²) in [4.78, 5) is 0. The first kappa shape index (κ1) is 16.0. The predicted octanol–water partition coefficient (Wildman–Crippen LogP) is 3.64. The molecule has 0 fully saturated rings. The molecule has 4 heteroatoms. The van der Waals surface area contributed by atoms with Crippen LogP contribution in [0.2, 0.25) is 0 Å². The number of aryl methyl sites for hydroxylation is 2. The van der Waals surface area contributed by atoms with Crippen molar-refractivity contribution in [3.8, 4) is 11.5 Å². The molecule has 0 saturated heterocycles. The lowest BCUT2D eigenvalue weighted by Gasteiger charge is -2.21. The van der Waals surface area contributed by atoms with E-state index in [2.05, 4.69) is 19.1 Å². The third kappa shape index (κ3) is 2.82. The third-order valence-electron chi connectivity index (χ3n) is 4.01. The van der Waals surface area contributed by atoms with Crippen molar-refractivity contribution < 1.29 is 9.47 Å². The van der Waals surface area contributed by atoms with E-state index in [-0.39, 0.29) is 5.92 Å². The molecular formula is C18H24N2O2. The van der Waals surface area contributed by atoms with E-state index in [1.54, 1.807) is 14.2 Å². The van der Waals surface area contributed by atoms with Crippen molar-refractivity contribution in [1.29, 1.82) is 0 Å². The van der Waals surface area contributed by atoms with Gasteiger partial charge in [-0.3, -0.25) is 0 Å². The van der Waals surface area contributed by atoms with Crippen molar-refractivity contribution in [2.45, 2.75) is 26.7 Å². The summed E-state index contributed by atoms with van der Waals surface area (Å²) in [6, 6.07) is 8.03. The SMILES string of the molecule is COc1cc(C)cc(C(C)c2cc(C)cc(OC)c2N)c1N. The molecule has 0 saturated carbocycles. The lowest BCUT2D eigenvalue weighted by Crippen LogP contribution is -2.07. The zero-order valence-electron chi connectivity index (χ0n) is 13.9. The second-order valence-electron chi connectivity index (χ2n) is 5.66. The van der Waals surface area contributed by atoms with E-state index in [4.69, 9.17) is 20.9 Å². The zero-order chi connectivity index (χ0) is 16.4. The summed E-state index contributed by atoms with van der Waals surface area (Å²) in [6.45, 7) is 6.14. The minimum atomic E-state index is 0.0441. The van der Waals surface area contributed by atoms with Gasteiger partial charge in [-0.15, -0.1) is 0 Å². The van der Waals surface area contributed by atoms with E-state index >= 15 is 0 Å². The molecule has 0 heterocycles. The monoisotopic (exact) mass is 300 g/mol. The van der Waals surface area contributed by atoms with Crippen LogP contribution in [0.5, 0.6) is 11.5 Å². The Morgan fingerprint density at radius 2 is 1.14 bits per heavy atom. The van der Waals surface area contributed by atoms with Crippen LogP contribution in [-0.2, 0) is 0 Å². The molecule has 0 atom stereocenters.